The number of carbonyl (C=O) groups excluding carboxylic acids is 6. The van der Waals surface area contributed by atoms with E-state index in [1.807, 2.05) is 32.8 Å². The van der Waals surface area contributed by atoms with Crippen molar-refractivity contribution in [3.05, 3.63) is 0 Å². The van der Waals surface area contributed by atoms with Crippen molar-refractivity contribution in [3.8, 4) is 0 Å². The molecule has 4 unspecified atom stereocenters. The van der Waals surface area contributed by atoms with Crippen LogP contribution in [0.25, 0.3) is 0 Å². The van der Waals surface area contributed by atoms with Crippen molar-refractivity contribution >= 4 is 35.9 Å². The van der Waals surface area contributed by atoms with Crippen molar-refractivity contribution in [2.75, 3.05) is 73.7 Å². The van der Waals surface area contributed by atoms with Crippen molar-refractivity contribution in [3.63, 3.8) is 0 Å². The summed E-state index contributed by atoms with van der Waals surface area (Å²) in [5, 5.41) is 9.80. The smallest absolute Gasteiger partial charge is 0.319 e. The molecule has 0 aromatic rings. The molecule has 0 rings (SSSR count). The van der Waals surface area contributed by atoms with Gasteiger partial charge in [0.2, 0.25) is 0 Å². The second-order valence-corrected chi connectivity index (χ2v) is 17.6. The predicted molar refractivity (Wildman–Crippen MR) is 245 cm³/mol. The Labute approximate surface area is 381 Å². The standard InChI is InChI=1S/C48H89N3O12/c1-10-13-16-19-25-38(4)45(55)59-35-41(34-52)62-43(53)28-22-32-51(48(58)50(9)31-24-30-49(7)8)33-23-29-44(54)63-42(36-60-46(56)39(5)26-20-17-14-11-2)37-61-47(57)40(6)27-21-18-15-12-3/h38-42,52H,10-37H2,1-9H3. The number of esters is 5. The fourth-order valence-electron chi connectivity index (χ4n) is 6.76. The van der Waals surface area contributed by atoms with Crippen LogP contribution in [0.1, 0.15) is 170 Å². The van der Waals surface area contributed by atoms with Gasteiger partial charge >= 0.3 is 35.9 Å². The summed E-state index contributed by atoms with van der Waals surface area (Å²) in [5.41, 5.74) is 0. The van der Waals surface area contributed by atoms with E-state index in [-0.39, 0.29) is 82.4 Å². The van der Waals surface area contributed by atoms with Gasteiger partial charge in [-0.05, 0) is 59.2 Å². The molecule has 15 heteroatoms. The fourth-order valence-corrected chi connectivity index (χ4v) is 6.76. The highest BCUT2D eigenvalue weighted by molar-refractivity contribution is 5.75. The molecule has 0 bridgehead atoms. The molecule has 2 amide bonds. The van der Waals surface area contributed by atoms with E-state index in [1.165, 1.54) is 0 Å². The number of nitrogens with zero attached hydrogens (tertiary/aromatic N) is 3. The Bertz CT molecular complexity index is 1220. The highest BCUT2D eigenvalue weighted by atomic mass is 16.6. The number of ether oxygens (including phenoxy) is 5. The molecule has 0 aliphatic carbocycles. The van der Waals surface area contributed by atoms with Crippen LogP contribution < -0.4 is 0 Å². The molecule has 368 valence electrons. The quantitative estimate of drug-likeness (QED) is 0.0356. The fraction of sp³-hybridized carbons (Fsp3) is 0.875. The minimum atomic E-state index is -1.01. The van der Waals surface area contributed by atoms with Crippen LogP contribution in [0.15, 0.2) is 0 Å². The molecule has 0 aliphatic rings. The molecule has 0 saturated carbocycles. The molecule has 0 radical (unpaired) electrons. The molecule has 0 saturated heterocycles. The molecule has 0 heterocycles. The molecule has 1 N–H and O–H groups in total. The zero-order valence-corrected chi connectivity index (χ0v) is 41.0. The normalized spacial score (nSPS) is 13.6. The predicted octanol–water partition coefficient (Wildman–Crippen LogP) is 8.12. The van der Waals surface area contributed by atoms with Crippen molar-refractivity contribution in [2.45, 2.75) is 182 Å². The van der Waals surface area contributed by atoms with Gasteiger partial charge in [-0.15, -0.1) is 0 Å². The maximum absolute atomic E-state index is 13.6. The van der Waals surface area contributed by atoms with Gasteiger partial charge in [0.25, 0.3) is 0 Å². The van der Waals surface area contributed by atoms with E-state index in [1.54, 1.807) is 23.8 Å². The van der Waals surface area contributed by atoms with E-state index >= 15 is 0 Å². The number of hydrogen-bond donors (Lipinski definition) is 1. The van der Waals surface area contributed by atoms with E-state index in [2.05, 4.69) is 20.8 Å². The largest absolute Gasteiger partial charge is 0.461 e. The number of amides is 2. The summed E-state index contributed by atoms with van der Waals surface area (Å²) in [6.45, 7) is 12.2. The van der Waals surface area contributed by atoms with Gasteiger partial charge in [0.1, 0.15) is 19.8 Å². The number of carbonyl (C=O) groups is 6. The van der Waals surface area contributed by atoms with Gasteiger partial charge in [0, 0.05) is 39.5 Å². The van der Waals surface area contributed by atoms with Crippen molar-refractivity contribution in [2.24, 2.45) is 17.8 Å². The second kappa shape index (κ2) is 37.9. The maximum atomic E-state index is 13.6. The van der Waals surface area contributed by atoms with Gasteiger partial charge in [0.05, 0.1) is 24.4 Å². The lowest BCUT2D eigenvalue weighted by Gasteiger charge is -2.29. The number of urea groups is 1. The first-order valence-corrected chi connectivity index (χ1v) is 24.2. The van der Waals surface area contributed by atoms with Crippen molar-refractivity contribution in [1.29, 1.82) is 0 Å². The summed E-state index contributed by atoms with van der Waals surface area (Å²) in [6, 6.07) is -0.260. The molecule has 0 aromatic carbocycles. The lowest BCUT2D eigenvalue weighted by atomic mass is 10.0. The second-order valence-electron chi connectivity index (χ2n) is 17.6. The van der Waals surface area contributed by atoms with Crippen LogP contribution in [0.3, 0.4) is 0 Å². The summed E-state index contributed by atoms with van der Waals surface area (Å²) in [7, 11) is 5.62. The lowest BCUT2D eigenvalue weighted by molar-refractivity contribution is -0.169. The minimum Gasteiger partial charge on any atom is -0.461 e. The summed E-state index contributed by atoms with van der Waals surface area (Å²) >= 11 is 0. The average molecular weight is 900 g/mol. The molecule has 0 aliphatic heterocycles. The highest BCUT2D eigenvalue weighted by Gasteiger charge is 2.25. The topological polar surface area (TPSA) is 179 Å². The number of rotatable bonds is 39. The Morgan fingerprint density at radius 3 is 1.22 bits per heavy atom. The zero-order chi connectivity index (χ0) is 47.4. The minimum absolute atomic E-state index is 0.0533. The third-order valence-corrected chi connectivity index (χ3v) is 11.0. The number of hydrogen-bond acceptors (Lipinski definition) is 13. The van der Waals surface area contributed by atoms with E-state index in [9.17, 15) is 33.9 Å². The third kappa shape index (κ3) is 31.1. The van der Waals surface area contributed by atoms with Crippen molar-refractivity contribution in [1.82, 2.24) is 14.7 Å². The van der Waals surface area contributed by atoms with Gasteiger partial charge in [-0.25, -0.2) is 4.79 Å². The summed E-state index contributed by atoms with van der Waals surface area (Å²) < 4.78 is 27.6. The molecule has 63 heavy (non-hydrogen) atoms. The maximum Gasteiger partial charge on any atom is 0.319 e. The molecule has 0 fully saturated rings. The van der Waals surface area contributed by atoms with Crippen LogP contribution in [0.5, 0.6) is 0 Å². The Morgan fingerprint density at radius 1 is 0.476 bits per heavy atom. The average Bonchev–Trinajstić information content (AvgIpc) is 3.25. The highest BCUT2D eigenvalue weighted by Crippen LogP contribution is 2.16. The van der Waals surface area contributed by atoms with Gasteiger partial charge < -0.3 is 43.5 Å². The summed E-state index contributed by atoms with van der Waals surface area (Å²) in [5.74, 6) is -3.33. The molecule has 0 spiro atoms. The lowest BCUT2D eigenvalue weighted by Crippen LogP contribution is -2.43. The molecule has 0 aromatic heterocycles. The first-order valence-electron chi connectivity index (χ1n) is 24.2. The van der Waals surface area contributed by atoms with Crippen LogP contribution >= 0.6 is 0 Å². The van der Waals surface area contributed by atoms with Crippen LogP contribution in [-0.4, -0.2) is 142 Å². The Hall–Kier alpha value is -3.46. The Kier molecular flexibility index (Phi) is 35.8. The van der Waals surface area contributed by atoms with E-state index < -0.39 is 48.7 Å². The van der Waals surface area contributed by atoms with Crippen LogP contribution in [0.4, 0.5) is 4.79 Å². The zero-order valence-electron chi connectivity index (χ0n) is 41.0. The van der Waals surface area contributed by atoms with Crippen molar-refractivity contribution < 1.29 is 57.6 Å². The molecule has 4 atom stereocenters. The monoisotopic (exact) mass is 900 g/mol. The summed E-state index contributed by atoms with van der Waals surface area (Å²) in [6.07, 6.45) is 13.7. The molecular formula is C48H89N3O12. The number of aliphatic hydroxyl groups excluding tert-OH is 1. The number of unbranched alkanes of at least 4 members (excludes halogenated alkanes) is 9. The van der Waals surface area contributed by atoms with Gasteiger partial charge in [-0.1, -0.05) is 119 Å². The Balaban J connectivity index is 5.50. The van der Waals surface area contributed by atoms with Crippen LogP contribution in [-0.2, 0) is 47.7 Å². The molecule has 15 nitrogen and oxygen atoms in total. The SMILES string of the molecule is CCCCCCC(C)C(=O)OCC(CO)OC(=O)CCCN(CCCC(=O)OC(COC(=O)C(C)CCCCCC)COC(=O)C(C)CCCCCC)C(=O)N(C)CCCN(C)C. The van der Waals surface area contributed by atoms with Gasteiger partial charge in [0.15, 0.2) is 12.2 Å². The van der Waals surface area contributed by atoms with Crippen LogP contribution in [0.2, 0.25) is 0 Å². The summed E-state index contributed by atoms with van der Waals surface area (Å²) in [4.78, 5) is 82.9. The van der Waals surface area contributed by atoms with E-state index in [0.717, 1.165) is 90.0 Å². The first-order chi connectivity index (χ1) is 30.1. The molecular weight excluding hydrogens is 811 g/mol. The Morgan fingerprint density at radius 2 is 0.857 bits per heavy atom. The van der Waals surface area contributed by atoms with Gasteiger partial charge in [-0.2, -0.15) is 0 Å². The van der Waals surface area contributed by atoms with E-state index in [4.69, 9.17) is 23.7 Å². The third-order valence-electron chi connectivity index (χ3n) is 11.0. The first kappa shape index (κ1) is 59.5. The van der Waals surface area contributed by atoms with Crippen LogP contribution in [0, 0.1) is 17.8 Å². The van der Waals surface area contributed by atoms with Gasteiger partial charge in [-0.3, -0.25) is 24.0 Å². The van der Waals surface area contributed by atoms with E-state index in [0.29, 0.717) is 25.8 Å². The number of aliphatic hydroxyl groups is 1.